The van der Waals surface area contributed by atoms with Crippen LogP contribution in [0.3, 0.4) is 0 Å². The number of aliphatic hydroxyl groups excluding tert-OH is 1. The first-order chi connectivity index (χ1) is 8.15. The quantitative estimate of drug-likeness (QED) is 0.798. The molecule has 3 nitrogen and oxygen atoms in total. The maximum Gasteiger partial charge on any atom is 0.0758 e. The summed E-state index contributed by atoms with van der Waals surface area (Å²) in [6, 6.07) is 7.66. The number of hydrogen-bond donors (Lipinski definition) is 3. The van der Waals surface area contributed by atoms with Crippen LogP contribution in [-0.2, 0) is 0 Å². The molecule has 0 saturated carbocycles. The summed E-state index contributed by atoms with van der Waals surface area (Å²) in [6.45, 7) is 4.10. The van der Waals surface area contributed by atoms with Crippen LogP contribution in [0.1, 0.15) is 31.9 Å². The summed E-state index contributed by atoms with van der Waals surface area (Å²) in [5.41, 5.74) is 8.25. The molecule has 4 heteroatoms. The average Bonchev–Trinajstić information content (AvgIpc) is 2.83. The van der Waals surface area contributed by atoms with E-state index in [2.05, 4.69) is 11.9 Å². The average molecular weight is 269 g/mol. The van der Waals surface area contributed by atoms with E-state index in [1.54, 1.807) is 0 Å². The zero-order valence-corrected chi connectivity index (χ0v) is 11.6. The first-order valence-corrected chi connectivity index (χ1v) is 6.14. The first kappa shape index (κ1) is 15.0. The lowest BCUT2D eigenvalue weighted by molar-refractivity contribution is 0.0884. The first-order valence-electron chi connectivity index (χ1n) is 6.14. The summed E-state index contributed by atoms with van der Waals surface area (Å²) in [7, 11) is 0. The Balaban J connectivity index is 0.00000162. The van der Waals surface area contributed by atoms with Gasteiger partial charge >= 0.3 is 0 Å². The van der Waals surface area contributed by atoms with Gasteiger partial charge in [0, 0.05) is 17.1 Å². The van der Waals surface area contributed by atoms with Crippen LogP contribution in [0.5, 0.6) is 0 Å². The van der Waals surface area contributed by atoms with Crippen LogP contribution >= 0.6 is 12.4 Å². The van der Waals surface area contributed by atoms with Gasteiger partial charge in [0.15, 0.2) is 0 Å². The lowest BCUT2D eigenvalue weighted by Crippen LogP contribution is -2.31. The van der Waals surface area contributed by atoms with E-state index >= 15 is 0 Å². The van der Waals surface area contributed by atoms with Crippen molar-refractivity contribution in [3.05, 3.63) is 36.0 Å². The number of H-pyrrole nitrogens is 1. The van der Waals surface area contributed by atoms with Crippen molar-refractivity contribution >= 4 is 23.3 Å². The molecule has 0 aliphatic heterocycles. The smallest absolute Gasteiger partial charge is 0.0758 e. The predicted octanol–water partition coefficient (Wildman–Crippen LogP) is 3.00. The molecule has 0 radical (unpaired) electrons. The van der Waals surface area contributed by atoms with Crippen LogP contribution in [0.15, 0.2) is 30.5 Å². The largest absolute Gasteiger partial charge is 0.391 e. The highest BCUT2D eigenvalue weighted by Crippen LogP contribution is 2.27. The summed E-state index contributed by atoms with van der Waals surface area (Å²) in [5.74, 6) is 0.208. The summed E-state index contributed by atoms with van der Waals surface area (Å²) in [6.07, 6.45) is 2.33. The molecule has 2 aromatic rings. The van der Waals surface area contributed by atoms with Crippen LogP contribution in [0.25, 0.3) is 10.9 Å². The fourth-order valence-electron chi connectivity index (χ4n) is 2.18. The summed E-state index contributed by atoms with van der Waals surface area (Å²) in [4.78, 5) is 3.16. The predicted molar refractivity (Wildman–Crippen MR) is 77.9 cm³/mol. The maximum absolute atomic E-state index is 10.2. The van der Waals surface area contributed by atoms with Crippen molar-refractivity contribution in [3.63, 3.8) is 0 Å². The van der Waals surface area contributed by atoms with Gasteiger partial charge in [0.25, 0.3) is 0 Å². The Kier molecular flexibility index (Phi) is 5.20. The van der Waals surface area contributed by atoms with E-state index in [1.165, 1.54) is 0 Å². The van der Waals surface area contributed by atoms with E-state index in [-0.39, 0.29) is 24.4 Å². The molecule has 0 fully saturated rings. The minimum absolute atomic E-state index is 0. The molecule has 0 amide bonds. The Bertz CT molecular complexity index is 497. The van der Waals surface area contributed by atoms with E-state index in [0.29, 0.717) is 0 Å². The number of nitrogens with two attached hydrogens (primary N) is 1. The molecule has 0 aliphatic rings. The number of fused-ring (bicyclic) bond motifs is 1. The standard InChI is InChI=1S/C14H20N2O.ClH/c1-3-9(2)14(17)13(15)11-5-4-6-12-10(11)7-8-16-12;/h4-9,13-14,16-17H,3,15H2,1-2H3;1H/t9?,13-,14+;/m1./s1. The monoisotopic (exact) mass is 268 g/mol. The van der Waals surface area contributed by atoms with Crippen LogP contribution in [0.2, 0.25) is 0 Å². The topological polar surface area (TPSA) is 62.0 Å². The number of aromatic nitrogens is 1. The molecule has 0 aliphatic carbocycles. The molecule has 0 bridgehead atoms. The minimum Gasteiger partial charge on any atom is -0.391 e. The SMILES string of the molecule is CCC(C)[C@H](O)[C@H](N)c1cccc2[nH]ccc12.Cl. The van der Waals surface area contributed by atoms with E-state index in [4.69, 9.17) is 5.73 Å². The molecule has 0 saturated heterocycles. The molecular weight excluding hydrogens is 248 g/mol. The molecule has 100 valence electrons. The third-order valence-electron chi connectivity index (χ3n) is 3.58. The molecule has 2 rings (SSSR count). The molecule has 1 heterocycles. The lowest BCUT2D eigenvalue weighted by Gasteiger charge is -2.24. The van der Waals surface area contributed by atoms with Gasteiger partial charge in [0.2, 0.25) is 0 Å². The van der Waals surface area contributed by atoms with Crippen LogP contribution in [0, 0.1) is 5.92 Å². The molecule has 1 aromatic heterocycles. The van der Waals surface area contributed by atoms with Crippen molar-refractivity contribution in [1.29, 1.82) is 0 Å². The van der Waals surface area contributed by atoms with Gasteiger partial charge < -0.3 is 15.8 Å². The van der Waals surface area contributed by atoms with Gasteiger partial charge in [-0.3, -0.25) is 0 Å². The van der Waals surface area contributed by atoms with E-state index in [0.717, 1.165) is 22.9 Å². The van der Waals surface area contributed by atoms with Crippen LogP contribution < -0.4 is 5.73 Å². The second-order valence-electron chi connectivity index (χ2n) is 4.69. The zero-order chi connectivity index (χ0) is 12.4. The minimum atomic E-state index is -0.500. The second-order valence-corrected chi connectivity index (χ2v) is 4.69. The van der Waals surface area contributed by atoms with E-state index in [9.17, 15) is 5.11 Å². The lowest BCUT2D eigenvalue weighted by atomic mass is 9.90. The Morgan fingerprint density at radius 2 is 2.06 bits per heavy atom. The Morgan fingerprint density at radius 1 is 1.33 bits per heavy atom. The molecule has 1 unspecified atom stereocenters. The zero-order valence-electron chi connectivity index (χ0n) is 10.8. The number of rotatable bonds is 4. The van der Waals surface area contributed by atoms with Crippen molar-refractivity contribution in [2.45, 2.75) is 32.4 Å². The highest BCUT2D eigenvalue weighted by molar-refractivity contribution is 5.85. The molecule has 1 aromatic carbocycles. The number of benzene rings is 1. The van der Waals surface area contributed by atoms with Gasteiger partial charge in [0.05, 0.1) is 12.1 Å². The normalized spacial score (nSPS) is 16.0. The van der Waals surface area contributed by atoms with Crippen molar-refractivity contribution in [3.8, 4) is 0 Å². The van der Waals surface area contributed by atoms with Gasteiger partial charge in [-0.15, -0.1) is 12.4 Å². The number of aromatic amines is 1. The van der Waals surface area contributed by atoms with Crippen molar-refractivity contribution in [2.75, 3.05) is 0 Å². The highest BCUT2D eigenvalue weighted by atomic mass is 35.5. The van der Waals surface area contributed by atoms with E-state index in [1.807, 2.05) is 37.4 Å². The van der Waals surface area contributed by atoms with Gasteiger partial charge in [-0.25, -0.2) is 0 Å². The molecule has 4 N–H and O–H groups in total. The van der Waals surface area contributed by atoms with Crippen LogP contribution in [-0.4, -0.2) is 16.2 Å². The Morgan fingerprint density at radius 3 is 2.72 bits per heavy atom. The number of hydrogen-bond acceptors (Lipinski definition) is 2. The van der Waals surface area contributed by atoms with E-state index < -0.39 is 6.10 Å². The van der Waals surface area contributed by atoms with Gasteiger partial charge in [-0.1, -0.05) is 32.4 Å². The highest BCUT2D eigenvalue weighted by Gasteiger charge is 2.23. The third-order valence-corrected chi connectivity index (χ3v) is 3.58. The third kappa shape index (κ3) is 2.69. The van der Waals surface area contributed by atoms with Gasteiger partial charge in [0.1, 0.15) is 0 Å². The molecule has 3 atom stereocenters. The fraction of sp³-hybridized carbons (Fsp3) is 0.429. The van der Waals surface area contributed by atoms with Crippen molar-refractivity contribution < 1.29 is 5.11 Å². The maximum atomic E-state index is 10.2. The number of aliphatic hydroxyl groups is 1. The Labute approximate surface area is 114 Å². The van der Waals surface area contributed by atoms with Gasteiger partial charge in [-0.2, -0.15) is 0 Å². The summed E-state index contributed by atoms with van der Waals surface area (Å²) in [5, 5.41) is 11.3. The second kappa shape index (κ2) is 6.23. The molecule has 0 spiro atoms. The van der Waals surface area contributed by atoms with Crippen molar-refractivity contribution in [2.24, 2.45) is 11.7 Å². The number of halogens is 1. The fourth-order valence-corrected chi connectivity index (χ4v) is 2.18. The van der Waals surface area contributed by atoms with Crippen LogP contribution in [0.4, 0.5) is 0 Å². The summed E-state index contributed by atoms with van der Waals surface area (Å²) >= 11 is 0. The van der Waals surface area contributed by atoms with Crippen molar-refractivity contribution in [1.82, 2.24) is 4.98 Å². The molecular formula is C14H21ClN2O. The van der Waals surface area contributed by atoms with Gasteiger partial charge in [-0.05, 0) is 23.6 Å². The Hall–Kier alpha value is -1.03. The molecule has 18 heavy (non-hydrogen) atoms. The summed E-state index contributed by atoms with van der Waals surface area (Å²) < 4.78 is 0. The number of nitrogens with one attached hydrogen (secondary N) is 1.